The smallest absolute Gasteiger partial charge is 0.263 e. The standard InChI is InChI=1S/C8H9NO6S2/c1-16(12,13)7-2-4-8(5-3-7)17(14,15)6-9(10)11/h2-5H,6H2,1H3. The van der Waals surface area contributed by atoms with E-state index in [4.69, 9.17) is 0 Å². The lowest BCUT2D eigenvalue weighted by Crippen LogP contribution is -2.14. The zero-order chi connectivity index (χ0) is 13.3. The SMILES string of the molecule is CS(=O)(=O)c1ccc(S(=O)(=O)C[N+](=O)[O-])cc1. The summed E-state index contributed by atoms with van der Waals surface area (Å²) < 4.78 is 45.1. The Labute approximate surface area is 98.1 Å². The fourth-order valence-electron chi connectivity index (χ4n) is 1.11. The van der Waals surface area contributed by atoms with Crippen molar-refractivity contribution >= 4 is 19.7 Å². The average molecular weight is 279 g/mol. The molecule has 0 saturated carbocycles. The highest BCUT2D eigenvalue weighted by atomic mass is 32.2. The first-order chi connectivity index (χ1) is 7.63. The first kappa shape index (κ1) is 13.6. The topological polar surface area (TPSA) is 111 Å². The molecule has 0 radical (unpaired) electrons. The number of nitro groups is 1. The maximum Gasteiger partial charge on any atom is 0.305 e. The van der Waals surface area contributed by atoms with Crippen molar-refractivity contribution in [1.29, 1.82) is 0 Å². The molecule has 0 aliphatic rings. The van der Waals surface area contributed by atoms with E-state index >= 15 is 0 Å². The zero-order valence-corrected chi connectivity index (χ0v) is 10.4. The molecule has 0 saturated heterocycles. The number of benzene rings is 1. The predicted octanol–water partition coefficient (Wildman–Crippen LogP) is 0.0980. The van der Waals surface area contributed by atoms with Gasteiger partial charge in [-0.3, -0.25) is 10.1 Å². The van der Waals surface area contributed by atoms with Gasteiger partial charge in [-0.15, -0.1) is 0 Å². The van der Waals surface area contributed by atoms with Gasteiger partial charge in [0.25, 0.3) is 0 Å². The highest BCUT2D eigenvalue weighted by molar-refractivity contribution is 7.91. The van der Waals surface area contributed by atoms with Gasteiger partial charge in [0.1, 0.15) is 0 Å². The number of hydrogen-bond donors (Lipinski definition) is 0. The third-order valence-electron chi connectivity index (χ3n) is 1.89. The quantitative estimate of drug-likeness (QED) is 0.570. The van der Waals surface area contributed by atoms with E-state index in [1.54, 1.807) is 0 Å². The van der Waals surface area contributed by atoms with Crippen LogP contribution >= 0.6 is 0 Å². The molecule has 0 atom stereocenters. The maximum absolute atomic E-state index is 11.4. The summed E-state index contributed by atoms with van der Waals surface area (Å²) in [5.41, 5.74) is 0. The first-order valence-electron chi connectivity index (χ1n) is 4.27. The second-order valence-corrected chi connectivity index (χ2v) is 7.29. The van der Waals surface area contributed by atoms with E-state index in [9.17, 15) is 26.9 Å². The molecule has 0 bridgehead atoms. The van der Waals surface area contributed by atoms with Crippen LogP contribution in [0.25, 0.3) is 0 Å². The van der Waals surface area contributed by atoms with E-state index in [2.05, 4.69) is 0 Å². The summed E-state index contributed by atoms with van der Waals surface area (Å²) in [6.07, 6.45) is 0.980. The minimum absolute atomic E-state index is 0.0439. The van der Waals surface area contributed by atoms with E-state index in [1.807, 2.05) is 0 Å². The third kappa shape index (κ3) is 3.49. The molecule has 0 spiro atoms. The molecule has 94 valence electrons. The van der Waals surface area contributed by atoms with Crippen LogP contribution in [0.3, 0.4) is 0 Å². The van der Waals surface area contributed by atoms with E-state index in [-0.39, 0.29) is 9.79 Å². The average Bonchev–Trinajstić information content (AvgIpc) is 2.14. The molecule has 0 unspecified atom stereocenters. The molecule has 1 rings (SSSR count). The lowest BCUT2D eigenvalue weighted by atomic mass is 10.4. The molecule has 0 amide bonds. The lowest BCUT2D eigenvalue weighted by molar-refractivity contribution is -0.458. The van der Waals surface area contributed by atoms with Crippen molar-refractivity contribution in [2.24, 2.45) is 0 Å². The second-order valence-electron chi connectivity index (χ2n) is 3.32. The summed E-state index contributed by atoms with van der Waals surface area (Å²) in [5, 5.41) is 10.1. The molecule has 9 heteroatoms. The Bertz CT molecular complexity index is 629. The number of hydrogen-bond acceptors (Lipinski definition) is 6. The Hall–Kier alpha value is -1.48. The van der Waals surface area contributed by atoms with Gasteiger partial charge in [0.15, 0.2) is 9.84 Å². The number of sulfone groups is 2. The molecule has 1 aromatic rings. The van der Waals surface area contributed by atoms with Crippen LogP contribution in [-0.4, -0.2) is 33.9 Å². The van der Waals surface area contributed by atoms with Crippen molar-refractivity contribution in [3.8, 4) is 0 Å². The zero-order valence-electron chi connectivity index (χ0n) is 8.73. The Morgan fingerprint density at radius 1 is 1.06 bits per heavy atom. The Morgan fingerprint density at radius 2 is 1.47 bits per heavy atom. The summed E-state index contributed by atoms with van der Waals surface area (Å²) >= 11 is 0. The summed E-state index contributed by atoms with van der Waals surface area (Å²) in [6, 6.07) is 4.27. The van der Waals surface area contributed by atoms with E-state index < -0.39 is 30.5 Å². The number of nitrogens with zero attached hydrogens (tertiary/aromatic N) is 1. The molecule has 0 heterocycles. The summed E-state index contributed by atoms with van der Waals surface area (Å²) in [7, 11) is -7.43. The molecule has 0 aromatic heterocycles. The summed E-state index contributed by atoms with van der Waals surface area (Å²) in [5.74, 6) is -1.22. The van der Waals surface area contributed by atoms with Gasteiger partial charge >= 0.3 is 5.88 Å². The monoisotopic (exact) mass is 279 g/mol. The minimum Gasteiger partial charge on any atom is -0.263 e. The molecule has 7 nitrogen and oxygen atoms in total. The Kier molecular flexibility index (Phi) is 3.53. The van der Waals surface area contributed by atoms with Crippen LogP contribution in [0.15, 0.2) is 34.1 Å². The predicted molar refractivity (Wildman–Crippen MR) is 58.6 cm³/mol. The molecular weight excluding hydrogens is 270 g/mol. The molecular formula is C8H9NO6S2. The molecule has 17 heavy (non-hydrogen) atoms. The van der Waals surface area contributed by atoms with Crippen molar-refractivity contribution in [2.45, 2.75) is 9.79 Å². The van der Waals surface area contributed by atoms with Gasteiger partial charge in [-0.05, 0) is 24.3 Å². The summed E-state index contributed by atoms with van der Waals surface area (Å²) in [6.45, 7) is 0. The molecule has 0 N–H and O–H groups in total. The van der Waals surface area contributed by atoms with Gasteiger partial charge in [-0.2, -0.15) is 0 Å². The van der Waals surface area contributed by atoms with Crippen molar-refractivity contribution in [2.75, 3.05) is 12.1 Å². The van der Waals surface area contributed by atoms with Gasteiger partial charge in [0, 0.05) is 11.2 Å². The van der Waals surface area contributed by atoms with Crippen LogP contribution in [-0.2, 0) is 19.7 Å². The normalized spacial score (nSPS) is 12.3. The van der Waals surface area contributed by atoms with Crippen LogP contribution in [0.2, 0.25) is 0 Å². The van der Waals surface area contributed by atoms with Crippen LogP contribution in [0, 0.1) is 10.1 Å². The summed E-state index contributed by atoms with van der Waals surface area (Å²) in [4.78, 5) is 8.87. The van der Waals surface area contributed by atoms with Gasteiger partial charge < -0.3 is 0 Å². The van der Waals surface area contributed by atoms with E-state index in [1.165, 1.54) is 0 Å². The van der Waals surface area contributed by atoms with Crippen molar-refractivity contribution < 1.29 is 21.8 Å². The Balaban J connectivity index is 3.16. The third-order valence-corrected chi connectivity index (χ3v) is 4.56. The van der Waals surface area contributed by atoms with Crippen molar-refractivity contribution in [3.05, 3.63) is 34.4 Å². The molecule has 0 fully saturated rings. The van der Waals surface area contributed by atoms with Crippen LogP contribution in [0.4, 0.5) is 0 Å². The highest BCUT2D eigenvalue weighted by Gasteiger charge is 2.21. The van der Waals surface area contributed by atoms with E-state index in [0.29, 0.717) is 0 Å². The first-order valence-corrected chi connectivity index (χ1v) is 7.82. The molecule has 1 aromatic carbocycles. The van der Waals surface area contributed by atoms with E-state index in [0.717, 1.165) is 30.5 Å². The number of rotatable bonds is 4. The van der Waals surface area contributed by atoms with Crippen LogP contribution < -0.4 is 0 Å². The van der Waals surface area contributed by atoms with Crippen LogP contribution in [0.5, 0.6) is 0 Å². The van der Waals surface area contributed by atoms with Gasteiger partial charge in [0.2, 0.25) is 9.84 Å². The lowest BCUT2D eigenvalue weighted by Gasteiger charge is -2.01. The fraction of sp³-hybridized carbons (Fsp3) is 0.250. The van der Waals surface area contributed by atoms with Crippen molar-refractivity contribution in [1.82, 2.24) is 0 Å². The van der Waals surface area contributed by atoms with Crippen molar-refractivity contribution in [3.63, 3.8) is 0 Å². The maximum atomic E-state index is 11.4. The molecule has 0 aliphatic heterocycles. The van der Waals surface area contributed by atoms with Gasteiger partial charge in [0.05, 0.1) is 9.79 Å². The minimum atomic E-state index is -4.02. The van der Waals surface area contributed by atoms with Gasteiger partial charge in [-0.1, -0.05) is 0 Å². The molecule has 0 aliphatic carbocycles. The largest absolute Gasteiger partial charge is 0.305 e. The Morgan fingerprint density at radius 3 is 1.82 bits per heavy atom. The van der Waals surface area contributed by atoms with Crippen LogP contribution in [0.1, 0.15) is 0 Å². The highest BCUT2D eigenvalue weighted by Crippen LogP contribution is 2.15. The van der Waals surface area contributed by atoms with Gasteiger partial charge in [-0.25, -0.2) is 16.8 Å². The second kappa shape index (κ2) is 4.41. The fourth-order valence-corrected chi connectivity index (χ4v) is 2.72.